The van der Waals surface area contributed by atoms with Crippen molar-refractivity contribution < 1.29 is 0 Å². The predicted molar refractivity (Wildman–Crippen MR) is 243 cm³/mol. The van der Waals surface area contributed by atoms with Gasteiger partial charge in [-0.05, 0) is 136 Å². The van der Waals surface area contributed by atoms with Crippen molar-refractivity contribution in [2.24, 2.45) is 0 Å². The second kappa shape index (κ2) is 14.3. The van der Waals surface area contributed by atoms with E-state index in [1.807, 2.05) is 0 Å². The van der Waals surface area contributed by atoms with E-state index in [-0.39, 0.29) is 10.8 Å². The van der Waals surface area contributed by atoms with E-state index < -0.39 is 0 Å². The van der Waals surface area contributed by atoms with Crippen LogP contribution in [0.2, 0.25) is 0 Å². The molecule has 0 N–H and O–H groups in total. The maximum atomic E-state index is 2.41. The lowest BCUT2D eigenvalue weighted by Crippen LogP contribution is -2.18. The Kier molecular flexibility index (Phi) is 9.09. The Balaban J connectivity index is 1.05. The fourth-order valence-electron chi connectivity index (χ4n) is 9.28. The number of nitrogens with zero attached hydrogens (tertiary/aromatic N) is 2. The molecule has 0 saturated carbocycles. The lowest BCUT2D eigenvalue weighted by molar-refractivity contribution is 0.660. The monoisotopic (exact) mass is 738 g/mol. The van der Waals surface area contributed by atoms with Gasteiger partial charge in [-0.25, -0.2) is 0 Å². The van der Waals surface area contributed by atoms with Gasteiger partial charge < -0.3 is 9.80 Å². The Morgan fingerprint density at radius 2 is 0.895 bits per heavy atom. The minimum absolute atomic E-state index is 0.0706. The van der Waals surface area contributed by atoms with Crippen LogP contribution in [-0.4, -0.2) is 0 Å². The van der Waals surface area contributed by atoms with E-state index in [9.17, 15) is 0 Å². The van der Waals surface area contributed by atoms with Gasteiger partial charge in [0.15, 0.2) is 0 Å². The van der Waals surface area contributed by atoms with Gasteiger partial charge in [-0.3, -0.25) is 0 Å². The number of hydrogen-bond donors (Lipinski definition) is 0. The van der Waals surface area contributed by atoms with E-state index in [4.69, 9.17) is 0 Å². The van der Waals surface area contributed by atoms with Crippen molar-refractivity contribution in [2.45, 2.75) is 58.8 Å². The van der Waals surface area contributed by atoms with Crippen molar-refractivity contribution in [3.8, 4) is 33.4 Å². The molecule has 2 aliphatic rings. The first-order chi connectivity index (χ1) is 27.7. The Morgan fingerprint density at radius 3 is 1.44 bits per heavy atom. The number of benzene rings is 7. The summed E-state index contributed by atoms with van der Waals surface area (Å²) in [5.41, 5.74) is 20.0. The summed E-state index contributed by atoms with van der Waals surface area (Å²) in [4.78, 5) is 4.77. The number of fused-ring (bicyclic) bond motifs is 6. The second-order valence-electron chi connectivity index (χ2n) is 16.4. The average Bonchev–Trinajstić information content (AvgIpc) is 3.62. The smallest absolute Gasteiger partial charge is 0.0465 e. The minimum Gasteiger partial charge on any atom is -0.311 e. The number of anilines is 5. The molecule has 0 aromatic heterocycles. The highest BCUT2D eigenvalue weighted by atomic mass is 15.1. The molecule has 9 rings (SSSR count). The topological polar surface area (TPSA) is 6.48 Å². The summed E-state index contributed by atoms with van der Waals surface area (Å²) in [5.74, 6) is 0. The van der Waals surface area contributed by atoms with Crippen molar-refractivity contribution >= 4 is 28.4 Å². The molecular weight excluding hydrogens is 689 g/mol. The number of allylic oxidation sites excluding steroid dienone is 3. The molecule has 0 spiro atoms. The molecule has 280 valence electrons. The molecule has 0 fully saturated rings. The van der Waals surface area contributed by atoms with Crippen LogP contribution >= 0.6 is 0 Å². The van der Waals surface area contributed by atoms with Crippen molar-refractivity contribution in [2.75, 3.05) is 9.80 Å². The van der Waals surface area contributed by atoms with Crippen LogP contribution < -0.4 is 9.80 Å². The van der Waals surface area contributed by atoms with Crippen LogP contribution in [0.15, 0.2) is 188 Å². The molecule has 0 heterocycles. The zero-order valence-electron chi connectivity index (χ0n) is 33.9. The predicted octanol–water partition coefficient (Wildman–Crippen LogP) is 15.4. The maximum absolute atomic E-state index is 2.41. The molecule has 0 saturated heterocycles. The normalized spacial score (nSPS) is 14.5. The minimum atomic E-state index is -0.0714. The van der Waals surface area contributed by atoms with Crippen LogP contribution in [0.5, 0.6) is 0 Å². The molecule has 0 unspecified atom stereocenters. The molecule has 7 aromatic rings. The van der Waals surface area contributed by atoms with Crippen molar-refractivity contribution in [1.82, 2.24) is 0 Å². The van der Waals surface area contributed by atoms with Gasteiger partial charge in [0, 0.05) is 45.0 Å². The van der Waals surface area contributed by atoms with E-state index in [2.05, 4.69) is 233 Å². The summed E-state index contributed by atoms with van der Waals surface area (Å²) in [5, 5.41) is 0. The number of rotatable bonds is 9. The summed E-state index contributed by atoms with van der Waals surface area (Å²) in [6, 6.07) is 60.5. The average molecular weight is 739 g/mol. The van der Waals surface area contributed by atoms with Gasteiger partial charge in [-0.2, -0.15) is 0 Å². The molecule has 0 bridgehead atoms. The first-order valence-electron chi connectivity index (χ1n) is 20.4. The van der Waals surface area contributed by atoms with Crippen LogP contribution in [0, 0.1) is 0 Å². The lowest BCUT2D eigenvalue weighted by Gasteiger charge is -2.29. The molecule has 0 atom stereocenters. The SMILES string of the molecule is C/C=C(\C=C/CC)N(c1ccc(-c2ccc(N(c3ccccc3)c3ccc4c(c3)C(C)(C)c3ccccc3-4)cc2)cc1)c1ccc2c(c1)C(C)(C)c1ccccc1-2. The van der Waals surface area contributed by atoms with Gasteiger partial charge >= 0.3 is 0 Å². The highest BCUT2D eigenvalue weighted by Crippen LogP contribution is 2.52. The second-order valence-corrected chi connectivity index (χ2v) is 16.4. The van der Waals surface area contributed by atoms with Crippen LogP contribution in [0.4, 0.5) is 28.4 Å². The molecule has 2 heteroatoms. The van der Waals surface area contributed by atoms with Gasteiger partial charge in [0.1, 0.15) is 0 Å². The third-order valence-electron chi connectivity index (χ3n) is 12.3. The summed E-state index contributed by atoms with van der Waals surface area (Å²) in [6.07, 6.45) is 7.68. The zero-order valence-corrected chi connectivity index (χ0v) is 33.9. The summed E-state index contributed by atoms with van der Waals surface area (Å²) in [7, 11) is 0. The molecule has 0 amide bonds. The molecular formula is C55H50N2. The molecule has 2 aliphatic carbocycles. The summed E-state index contributed by atoms with van der Waals surface area (Å²) in [6.45, 7) is 13.7. The fraction of sp³-hybridized carbons (Fsp3) is 0.164. The Morgan fingerprint density at radius 1 is 0.456 bits per heavy atom. The van der Waals surface area contributed by atoms with Gasteiger partial charge in [0.25, 0.3) is 0 Å². The quantitative estimate of drug-likeness (QED) is 0.136. The van der Waals surface area contributed by atoms with E-state index in [1.54, 1.807) is 0 Å². The maximum Gasteiger partial charge on any atom is 0.0465 e. The third-order valence-corrected chi connectivity index (χ3v) is 12.3. The van der Waals surface area contributed by atoms with Gasteiger partial charge in [0.2, 0.25) is 0 Å². The van der Waals surface area contributed by atoms with Gasteiger partial charge in [-0.15, -0.1) is 0 Å². The standard InChI is InChI=1S/C55H50N2/c1-7-9-17-40(8-2)56(44-32-34-48-46-20-13-15-22-50(46)54(3,4)52(48)36-44)42-28-24-38(25-29-42)39-26-30-43(31-27-39)57(41-18-11-10-12-19-41)45-33-35-49-47-21-14-16-23-51(47)55(5,6)53(49)37-45/h8-37H,7H2,1-6H3/b17-9-,40-8+. The van der Waals surface area contributed by atoms with E-state index in [1.165, 1.54) is 61.3 Å². The number of para-hydroxylation sites is 1. The zero-order chi connectivity index (χ0) is 39.3. The molecule has 7 aromatic carbocycles. The van der Waals surface area contributed by atoms with Crippen LogP contribution in [-0.2, 0) is 10.8 Å². The third kappa shape index (κ3) is 6.12. The first-order valence-corrected chi connectivity index (χ1v) is 20.4. The highest BCUT2D eigenvalue weighted by molar-refractivity contribution is 5.87. The lowest BCUT2D eigenvalue weighted by atomic mass is 9.82. The summed E-state index contributed by atoms with van der Waals surface area (Å²) >= 11 is 0. The van der Waals surface area contributed by atoms with Crippen LogP contribution in [0.25, 0.3) is 33.4 Å². The largest absolute Gasteiger partial charge is 0.311 e. The summed E-state index contributed by atoms with van der Waals surface area (Å²) < 4.78 is 0. The Hall–Kier alpha value is -6.38. The van der Waals surface area contributed by atoms with Gasteiger partial charge in [-0.1, -0.05) is 150 Å². The fourth-order valence-corrected chi connectivity index (χ4v) is 9.28. The van der Waals surface area contributed by atoms with Gasteiger partial charge in [0.05, 0.1) is 0 Å². The van der Waals surface area contributed by atoms with E-state index in [0.29, 0.717) is 0 Å². The highest BCUT2D eigenvalue weighted by Gasteiger charge is 2.37. The molecule has 57 heavy (non-hydrogen) atoms. The van der Waals surface area contributed by atoms with Crippen LogP contribution in [0.3, 0.4) is 0 Å². The molecule has 0 radical (unpaired) electrons. The van der Waals surface area contributed by atoms with Crippen LogP contribution in [0.1, 0.15) is 70.2 Å². The van der Waals surface area contributed by atoms with Crippen molar-refractivity contribution in [1.29, 1.82) is 0 Å². The Labute approximate surface area is 339 Å². The molecule has 0 aliphatic heterocycles. The van der Waals surface area contributed by atoms with E-state index in [0.717, 1.165) is 34.9 Å². The van der Waals surface area contributed by atoms with E-state index >= 15 is 0 Å². The van der Waals surface area contributed by atoms with Crippen molar-refractivity contribution in [3.63, 3.8) is 0 Å². The molecule has 2 nitrogen and oxygen atoms in total. The first kappa shape index (κ1) is 36.3. The number of hydrogen-bond acceptors (Lipinski definition) is 2. The Bertz CT molecular complexity index is 2660. The van der Waals surface area contributed by atoms with Crippen molar-refractivity contribution in [3.05, 3.63) is 210 Å².